The van der Waals surface area contributed by atoms with Crippen LogP contribution in [0, 0.1) is 19.7 Å². The Labute approximate surface area is 145 Å². The van der Waals surface area contributed by atoms with Crippen LogP contribution in [0.3, 0.4) is 0 Å². The molecule has 0 atom stereocenters. The minimum atomic E-state index is -3.64. The SMILES string of the molecule is CC(=O)c1c(C)oc2ccc(CS(=O)(=O)c3ccc(F)cc3C)cc12. The van der Waals surface area contributed by atoms with Crippen molar-refractivity contribution in [3.63, 3.8) is 0 Å². The van der Waals surface area contributed by atoms with Crippen LogP contribution in [0.25, 0.3) is 11.0 Å². The lowest BCUT2D eigenvalue weighted by molar-refractivity contribution is 0.101. The Bertz CT molecular complexity index is 1090. The van der Waals surface area contributed by atoms with Gasteiger partial charge in [-0.2, -0.15) is 0 Å². The molecule has 0 aliphatic carbocycles. The number of Topliss-reactive ketones (excluding diaryl/α,β-unsaturated/α-hetero) is 1. The van der Waals surface area contributed by atoms with Crippen LogP contribution in [0.15, 0.2) is 45.7 Å². The fourth-order valence-corrected chi connectivity index (χ4v) is 4.65. The lowest BCUT2D eigenvalue weighted by Crippen LogP contribution is -2.07. The van der Waals surface area contributed by atoms with Crippen LogP contribution in [-0.4, -0.2) is 14.2 Å². The molecule has 2 aromatic carbocycles. The highest BCUT2D eigenvalue weighted by atomic mass is 32.2. The summed E-state index contributed by atoms with van der Waals surface area (Å²) in [5.41, 5.74) is 1.92. The number of rotatable bonds is 4. The van der Waals surface area contributed by atoms with Gasteiger partial charge in [0.15, 0.2) is 15.6 Å². The highest BCUT2D eigenvalue weighted by Gasteiger charge is 2.20. The van der Waals surface area contributed by atoms with E-state index >= 15 is 0 Å². The van der Waals surface area contributed by atoms with Crippen molar-refractivity contribution in [3.05, 3.63) is 64.7 Å². The third-order valence-electron chi connectivity index (χ3n) is 4.11. The maximum atomic E-state index is 13.2. The lowest BCUT2D eigenvalue weighted by Gasteiger charge is -2.08. The molecule has 0 fully saturated rings. The maximum absolute atomic E-state index is 13.2. The molecule has 25 heavy (non-hydrogen) atoms. The summed E-state index contributed by atoms with van der Waals surface area (Å²) in [6, 6.07) is 8.60. The van der Waals surface area contributed by atoms with Gasteiger partial charge in [0.1, 0.15) is 17.2 Å². The standard InChI is InChI=1S/C19H17FO4S/c1-11-8-15(20)5-7-18(11)25(22,23)10-14-4-6-17-16(9-14)19(12(2)21)13(3)24-17/h4-9H,10H2,1-3H3. The van der Waals surface area contributed by atoms with Gasteiger partial charge in [0, 0.05) is 5.39 Å². The Morgan fingerprint density at radius 3 is 2.48 bits per heavy atom. The molecule has 0 bridgehead atoms. The zero-order chi connectivity index (χ0) is 18.4. The lowest BCUT2D eigenvalue weighted by atomic mass is 10.1. The first-order valence-electron chi connectivity index (χ1n) is 7.71. The normalized spacial score (nSPS) is 11.8. The van der Waals surface area contributed by atoms with Crippen LogP contribution in [0.4, 0.5) is 4.39 Å². The highest BCUT2D eigenvalue weighted by molar-refractivity contribution is 7.90. The monoisotopic (exact) mass is 360 g/mol. The van der Waals surface area contributed by atoms with Gasteiger partial charge in [0.2, 0.25) is 0 Å². The third kappa shape index (κ3) is 3.22. The predicted octanol–water partition coefficient (Wildman–Crippen LogP) is 4.37. The molecule has 130 valence electrons. The quantitative estimate of drug-likeness (QED) is 0.512. The zero-order valence-corrected chi connectivity index (χ0v) is 14.9. The Kier molecular flexibility index (Phi) is 4.24. The molecule has 0 saturated carbocycles. The molecule has 1 aromatic heterocycles. The van der Waals surface area contributed by atoms with Gasteiger partial charge in [-0.25, -0.2) is 12.8 Å². The van der Waals surface area contributed by atoms with Crippen molar-refractivity contribution in [2.45, 2.75) is 31.4 Å². The summed E-state index contributed by atoms with van der Waals surface area (Å²) in [6.07, 6.45) is 0. The molecule has 0 aliphatic heterocycles. The minimum Gasteiger partial charge on any atom is -0.461 e. The number of carbonyl (C=O) groups excluding carboxylic acids is 1. The molecule has 0 spiro atoms. The van der Waals surface area contributed by atoms with E-state index in [4.69, 9.17) is 4.42 Å². The van der Waals surface area contributed by atoms with E-state index in [9.17, 15) is 17.6 Å². The van der Waals surface area contributed by atoms with E-state index in [1.54, 1.807) is 32.0 Å². The molecule has 3 rings (SSSR count). The van der Waals surface area contributed by atoms with Gasteiger partial charge in [0.25, 0.3) is 0 Å². The average molecular weight is 360 g/mol. The molecule has 0 unspecified atom stereocenters. The van der Waals surface area contributed by atoms with Crippen LogP contribution in [0.1, 0.15) is 34.2 Å². The summed E-state index contributed by atoms with van der Waals surface area (Å²) >= 11 is 0. The first kappa shape index (κ1) is 17.4. The van der Waals surface area contributed by atoms with E-state index in [1.165, 1.54) is 19.1 Å². The second-order valence-electron chi connectivity index (χ2n) is 6.09. The van der Waals surface area contributed by atoms with Gasteiger partial charge in [0.05, 0.1) is 16.2 Å². The number of hydrogen-bond donors (Lipinski definition) is 0. The number of carbonyl (C=O) groups is 1. The van der Waals surface area contributed by atoms with Crippen molar-refractivity contribution in [1.82, 2.24) is 0 Å². The molecule has 0 aliphatic rings. The van der Waals surface area contributed by atoms with E-state index < -0.39 is 15.7 Å². The molecule has 0 radical (unpaired) electrons. The number of fused-ring (bicyclic) bond motifs is 1. The van der Waals surface area contributed by atoms with Gasteiger partial charge in [-0.05, 0) is 62.2 Å². The van der Waals surface area contributed by atoms with Gasteiger partial charge in [-0.3, -0.25) is 4.79 Å². The fourth-order valence-electron chi connectivity index (χ4n) is 3.05. The van der Waals surface area contributed by atoms with Gasteiger partial charge in [-0.1, -0.05) is 6.07 Å². The first-order valence-corrected chi connectivity index (χ1v) is 9.36. The van der Waals surface area contributed by atoms with Crippen LogP contribution in [0.2, 0.25) is 0 Å². The predicted molar refractivity (Wildman–Crippen MR) is 93.0 cm³/mol. The molecular weight excluding hydrogens is 343 g/mol. The van der Waals surface area contributed by atoms with Crippen molar-refractivity contribution in [3.8, 4) is 0 Å². The summed E-state index contributed by atoms with van der Waals surface area (Å²) in [5, 5.41) is 0.605. The summed E-state index contributed by atoms with van der Waals surface area (Å²) in [6.45, 7) is 4.71. The van der Waals surface area contributed by atoms with E-state index in [1.807, 2.05) is 0 Å². The smallest absolute Gasteiger partial charge is 0.182 e. The fraction of sp³-hybridized carbons (Fsp3) is 0.211. The Balaban J connectivity index is 2.05. The summed E-state index contributed by atoms with van der Waals surface area (Å²) in [7, 11) is -3.64. The van der Waals surface area contributed by atoms with Gasteiger partial charge >= 0.3 is 0 Å². The van der Waals surface area contributed by atoms with Crippen molar-refractivity contribution < 1.29 is 22.0 Å². The zero-order valence-electron chi connectivity index (χ0n) is 14.1. The number of benzene rings is 2. The van der Waals surface area contributed by atoms with E-state index in [2.05, 4.69) is 0 Å². The number of furan rings is 1. The van der Waals surface area contributed by atoms with Crippen LogP contribution >= 0.6 is 0 Å². The highest BCUT2D eigenvalue weighted by Crippen LogP contribution is 2.29. The molecule has 3 aromatic rings. The number of hydrogen-bond acceptors (Lipinski definition) is 4. The number of ketones is 1. The molecule has 0 saturated heterocycles. The summed E-state index contributed by atoms with van der Waals surface area (Å²) in [4.78, 5) is 11.9. The third-order valence-corrected chi connectivity index (χ3v) is 5.95. The molecule has 4 nitrogen and oxygen atoms in total. The minimum absolute atomic E-state index is 0.101. The molecule has 0 amide bonds. The van der Waals surface area contributed by atoms with Crippen molar-refractivity contribution >= 4 is 26.6 Å². The number of aryl methyl sites for hydroxylation is 2. The van der Waals surface area contributed by atoms with Crippen LogP contribution in [0.5, 0.6) is 0 Å². The van der Waals surface area contributed by atoms with Crippen molar-refractivity contribution in [2.75, 3.05) is 0 Å². The Morgan fingerprint density at radius 2 is 1.84 bits per heavy atom. The molecule has 1 heterocycles. The Hall–Kier alpha value is -2.47. The maximum Gasteiger partial charge on any atom is 0.182 e. The Morgan fingerprint density at radius 1 is 1.12 bits per heavy atom. The van der Waals surface area contributed by atoms with Crippen LogP contribution in [-0.2, 0) is 15.6 Å². The van der Waals surface area contributed by atoms with Gasteiger partial charge in [-0.15, -0.1) is 0 Å². The first-order chi connectivity index (χ1) is 11.7. The van der Waals surface area contributed by atoms with E-state index in [0.29, 0.717) is 33.4 Å². The summed E-state index contributed by atoms with van der Waals surface area (Å²) < 4.78 is 44.1. The van der Waals surface area contributed by atoms with E-state index in [-0.39, 0.29) is 16.4 Å². The van der Waals surface area contributed by atoms with Crippen LogP contribution < -0.4 is 0 Å². The topological polar surface area (TPSA) is 64.3 Å². The molecule has 6 heteroatoms. The largest absolute Gasteiger partial charge is 0.461 e. The molecular formula is C19H17FO4S. The number of sulfone groups is 1. The van der Waals surface area contributed by atoms with Crippen molar-refractivity contribution in [2.24, 2.45) is 0 Å². The van der Waals surface area contributed by atoms with E-state index in [0.717, 1.165) is 6.07 Å². The second kappa shape index (κ2) is 6.11. The second-order valence-corrected chi connectivity index (χ2v) is 8.05. The average Bonchev–Trinajstić information content (AvgIpc) is 2.81. The van der Waals surface area contributed by atoms with Gasteiger partial charge < -0.3 is 4.42 Å². The number of halogens is 1. The van der Waals surface area contributed by atoms with Crippen molar-refractivity contribution in [1.29, 1.82) is 0 Å². The molecule has 0 N–H and O–H groups in total. The summed E-state index contributed by atoms with van der Waals surface area (Å²) in [5.74, 6) is -0.336.